The highest BCUT2D eigenvalue weighted by atomic mass is 79.9. The number of aromatic nitrogens is 1. The van der Waals surface area contributed by atoms with Gasteiger partial charge in [0.1, 0.15) is 6.61 Å². The van der Waals surface area contributed by atoms with Gasteiger partial charge in [0.05, 0.1) is 6.04 Å². The number of pyridine rings is 1. The molecule has 2 rings (SSSR count). The summed E-state index contributed by atoms with van der Waals surface area (Å²) in [7, 11) is 0. The third kappa shape index (κ3) is 3.24. The summed E-state index contributed by atoms with van der Waals surface area (Å²) in [4.78, 5) is 29.4. The van der Waals surface area contributed by atoms with Crippen molar-refractivity contribution < 1.29 is 19.4 Å². The fourth-order valence-corrected chi connectivity index (χ4v) is 2.91. The van der Waals surface area contributed by atoms with Gasteiger partial charge in [0.15, 0.2) is 6.10 Å². The van der Waals surface area contributed by atoms with Crippen molar-refractivity contribution in [3.05, 3.63) is 28.5 Å². The fourth-order valence-electron chi connectivity index (χ4n) is 2.52. The van der Waals surface area contributed by atoms with Crippen molar-refractivity contribution in [1.82, 2.24) is 9.88 Å². The zero-order chi connectivity index (χ0) is 15.8. The van der Waals surface area contributed by atoms with Gasteiger partial charge >= 0.3 is 5.97 Å². The number of rotatable bonds is 2. The number of morpholine rings is 1. The van der Waals surface area contributed by atoms with Gasteiger partial charge in [-0.25, -0.2) is 4.79 Å². The normalized spacial score (nSPS) is 23.2. The number of carboxylic acids is 1. The lowest BCUT2D eigenvalue weighted by Crippen LogP contribution is -2.58. The second-order valence-corrected chi connectivity index (χ2v) is 6.80. The van der Waals surface area contributed by atoms with E-state index in [2.05, 4.69) is 20.9 Å². The Hall–Kier alpha value is -1.47. The molecule has 1 aliphatic rings. The van der Waals surface area contributed by atoms with E-state index in [1.54, 1.807) is 23.4 Å². The van der Waals surface area contributed by atoms with E-state index in [0.717, 1.165) is 4.47 Å². The standard InChI is InChI=1S/C14H17BrN2O4/c1-14(2,3)17-10(18)7-21-12(13(19)20)11(17)8-4-9(15)6-16-5-8/h4-6,11-12H,7H2,1-3H3,(H,19,20). The smallest absolute Gasteiger partial charge is 0.335 e. The van der Waals surface area contributed by atoms with Crippen LogP contribution in [-0.4, -0.2) is 45.1 Å². The minimum Gasteiger partial charge on any atom is -0.479 e. The molecule has 0 saturated carbocycles. The number of carboxylic acid groups (broad SMARTS) is 1. The number of carbonyl (C=O) groups excluding carboxylic acids is 1. The summed E-state index contributed by atoms with van der Waals surface area (Å²) >= 11 is 3.32. The van der Waals surface area contributed by atoms with Gasteiger partial charge in [-0.2, -0.15) is 0 Å². The van der Waals surface area contributed by atoms with Crippen LogP contribution in [0.3, 0.4) is 0 Å². The lowest BCUT2D eigenvalue weighted by atomic mass is 9.93. The van der Waals surface area contributed by atoms with Crippen LogP contribution in [0.15, 0.2) is 22.9 Å². The van der Waals surface area contributed by atoms with E-state index >= 15 is 0 Å². The van der Waals surface area contributed by atoms with Crippen molar-refractivity contribution in [2.45, 2.75) is 38.5 Å². The molecule has 0 aromatic carbocycles. The Kier molecular flexibility index (Phi) is 4.34. The Labute approximate surface area is 131 Å². The first kappa shape index (κ1) is 15.9. The van der Waals surface area contributed by atoms with E-state index < -0.39 is 23.7 Å². The van der Waals surface area contributed by atoms with Crippen LogP contribution >= 0.6 is 15.9 Å². The van der Waals surface area contributed by atoms with Crippen molar-refractivity contribution in [3.8, 4) is 0 Å². The van der Waals surface area contributed by atoms with Crippen LogP contribution in [0.25, 0.3) is 0 Å². The third-order valence-corrected chi connectivity index (χ3v) is 3.69. The van der Waals surface area contributed by atoms with Gasteiger partial charge in [-0.3, -0.25) is 9.78 Å². The summed E-state index contributed by atoms with van der Waals surface area (Å²) in [5.41, 5.74) is 0.0985. The maximum Gasteiger partial charge on any atom is 0.335 e. The molecule has 1 fully saturated rings. The molecule has 2 unspecified atom stereocenters. The van der Waals surface area contributed by atoms with Crippen LogP contribution in [0.2, 0.25) is 0 Å². The molecule has 1 amide bonds. The summed E-state index contributed by atoms with van der Waals surface area (Å²) in [6.07, 6.45) is 2.05. The molecule has 1 N–H and O–H groups in total. The molecule has 2 atom stereocenters. The molecule has 1 aliphatic heterocycles. The third-order valence-electron chi connectivity index (χ3n) is 3.25. The van der Waals surface area contributed by atoms with E-state index in [1.165, 1.54) is 0 Å². The van der Waals surface area contributed by atoms with Gasteiger partial charge in [-0.05, 0) is 48.3 Å². The molecular weight excluding hydrogens is 340 g/mol. The first-order chi connectivity index (χ1) is 9.71. The molecule has 21 heavy (non-hydrogen) atoms. The topological polar surface area (TPSA) is 79.7 Å². The first-order valence-electron chi connectivity index (χ1n) is 6.49. The second kappa shape index (κ2) is 5.73. The molecule has 2 heterocycles. The van der Waals surface area contributed by atoms with Crippen LogP contribution in [-0.2, 0) is 14.3 Å². The number of carbonyl (C=O) groups is 2. The molecular formula is C14H17BrN2O4. The number of ether oxygens (including phenoxy) is 1. The summed E-state index contributed by atoms with van der Waals surface area (Å²) in [6.45, 7) is 5.38. The van der Waals surface area contributed by atoms with Crippen molar-refractivity contribution >= 4 is 27.8 Å². The molecule has 7 heteroatoms. The van der Waals surface area contributed by atoms with Crippen molar-refractivity contribution in [3.63, 3.8) is 0 Å². The summed E-state index contributed by atoms with van der Waals surface area (Å²) < 4.78 is 5.97. The summed E-state index contributed by atoms with van der Waals surface area (Å²) in [5.74, 6) is -1.33. The number of halogens is 1. The molecule has 1 saturated heterocycles. The highest BCUT2D eigenvalue weighted by molar-refractivity contribution is 9.10. The quantitative estimate of drug-likeness (QED) is 0.876. The number of nitrogens with zero attached hydrogens (tertiary/aromatic N) is 2. The molecule has 0 spiro atoms. The van der Waals surface area contributed by atoms with E-state index in [-0.39, 0.29) is 12.5 Å². The van der Waals surface area contributed by atoms with E-state index in [0.29, 0.717) is 5.56 Å². The molecule has 1 aromatic heterocycles. The molecule has 0 bridgehead atoms. The predicted molar refractivity (Wildman–Crippen MR) is 78.7 cm³/mol. The van der Waals surface area contributed by atoms with Gasteiger partial charge in [0.25, 0.3) is 0 Å². The van der Waals surface area contributed by atoms with E-state index in [4.69, 9.17) is 4.74 Å². The monoisotopic (exact) mass is 356 g/mol. The van der Waals surface area contributed by atoms with Gasteiger partial charge in [-0.15, -0.1) is 0 Å². The first-order valence-corrected chi connectivity index (χ1v) is 7.28. The van der Waals surface area contributed by atoms with Crippen molar-refractivity contribution in [1.29, 1.82) is 0 Å². The number of hydrogen-bond acceptors (Lipinski definition) is 4. The minimum atomic E-state index is -1.11. The average Bonchev–Trinajstić information content (AvgIpc) is 2.36. The number of hydrogen-bond donors (Lipinski definition) is 1. The predicted octanol–water partition coefficient (Wildman–Crippen LogP) is 2.00. The SMILES string of the molecule is CC(C)(C)N1C(=O)COC(C(=O)O)C1c1cncc(Br)c1. The Balaban J connectivity index is 2.54. The number of aliphatic carboxylic acids is 1. The largest absolute Gasteiger partial charge is 0.479 e. The Morgan fingerprint density at radius 3 is 2.67 bits per heavy atom. The van der Waals surface area contributed by atoms with Crippen LogP contribution in [0, 0.1) is 0 Å². The van der Waals surface area contributed by atoms with Crippen LogP contribution in [0.5, 0.6) is 0 Å². The van der Waals surface area contributed by atoms with Crippen molar-refractivity contribution in [2.24, 2.45) is 0 Å². The van der Waals surface area contributed by atoms with Crippen LogP contribution < -0.4 is 0 Å². The second-order valence-electron chi connectivity index (χ2n) is 5.89. The fraction of sp³-hybridized carbons (Fsp3) is 0.500. The van der Waals surface area contributed by atoms with Crippen LogP contribution in [0.4, 0.5) is 0 Å². The lowest BCUT2D eigenvalue weighted by molar-refractivity contribution is -0.179. The summed E-state index contributed by atoms with van der Waals surface area (Å²) in [5, 5.41) is 9.41. The highest BCUT2D eigenvalue weighted by Gasteiger charge is 2.46. The molecule has 114 valence electrons. The molecule has 0 aliphatic carbocycles. The van der Waals surface area contributed by atoms with E-state index in [1.807, 2.05) is 20.8 Å². The van der Waals surface area contributed by atoms with Crippen molar-refractivity contribution in [2.75, 3.05) is 6.61 Å². The highest BCUT2D eigenvalue weighted by Crippen LogP contribution is 2.36. The van der Waals surface area contributed by atoms with Crippen LogP contribution in [0.1, 0.15) is 32.4 Å². The summed E-state index contributed by atoms with van der Waals surface area (Å²) in [6, 6.07) is 1.04. The lowest BCUT2D eigenvalue weighted by Gasteiger charge is -2.46. The Morgan fingerprint density at radius 2 is 2.14 bits per heavy atom. The van der Waals surface area contributed by atoms with Gasteiger partial charge in [-0.1, -0.05) is 0 Å². The van der Waals surface area contributed by atoms with E-state index in [9.17, 15) is 14.7 Å². The Morgan fingerprint density at radius 1 is 1.48 bits per heavy atom. The zero-order valence-electron chi connectivity index (χ0n) is 12.0. The van der Waals surface area contributed by atoms with Gasteiger partial charge in [0, 0.05) is 22.4 Å². The zero-order valence-corrected chi connectivity index (χ0v) is 13.6. The maximum absolute atomic E-state index is 12.3. The minimum absolute atomic E-state index is 0.230. The molecule has 1 aromatic rings. The average molecular weight is 357 g/mol. The van der Waals surface area contributed by atoms with Gasteiger partial charge < -0.3 is 14.7 Å². The Bertz CT molecular complexity index is 570. The molecule has 0 radical (unpaired) electrons. The number of amides is 1. The maximum atomic E-state index is 12.3. The van der Waals surface area contributed by atoms with Gasteiger partial charge in [0.2, 0.25) is 5.91 Å². The molecule has 6 nitrogen and oxygen atoms in total.